The van der Waals surface area contributed by atoms with Crippen LogP contribution in [0.1, 0.15) is 29.6 Å². The number of carbonyl (C=O) groups is 1. The van der Waals surface area contributed by atoms with Crippen molar-refractivity contribution in [3.05, 3.63) is 41.8 Å². The Labute approximate surface area is 149 Å². The van der Waals surface area contributed by atoms with Crippen LogP contribution < -0.4 is 10.6 Å². The highest BCUT2D eigenvalue weighted by atomic mass is 32.2. The van der Waals surface area contributed by atoms with Gasteiger partial charge in [-0.05, 0) is 48.6 Å². The molecule has 0 spiro atoms. The number of benzene rings is 1. The number of thioether (sulfide) groups is 1. The zero-order valence-electron chi connectivity index (χ0n) is 13.5. The smallest absolute Gasteiger partial charge is 0.257 e. The summed E-state index contributed by atoms with van der Waals surface area (Å²) < 4.78 is 13.0. The SMILES string of the molecule is N#CCC1(NC(=O)c2cn[nH]c2Nc2ccc(F)cc2)CCSCC1. The fourth-order valence-electron chi connectivity index (χ4n) is 2.80. The highest BCUT2D eigenvalue weighted by molar-refractivity contribution is 7.99. The molecule has 1 saturated heterocycles. The lowest BCUT2D eigenvalue weighted by Crippen LogP contribution is -2.50. The van der Waals surface area contributed by atoms with Crippen LogP contribution in [-0.2, 0) is 0 Å². The highest BCUT2D eigenvalue weighted by Gasteiger charge is 2.34. The quantitative estimate of drug-likeness (QED) is 0.762. The van der Waals surface area contributed by atoms with Crippen LogP contribution in [0.4, 0.5) is 15.9 Å². The third-order valence-electron chi connectivity index (χ3n) is 4.24. The molecule has 3 N–H and O–H groups in total. The molecule has 3 rings (SSSR count). The average Bonchev–Trinajstić information content (AvgIpc) is 3.06. The van der Waals surface area contributed by atoms with Crippen LogP contribution in [-0.4, -0.2) is 33.1 Å². The van der Waals surface area contributed by atoms with E-state index in [0.717, 1.165) is 24.3 Å². The molecule has 1 aliphatic rings. The van der Waals surface area contributed by atoms with Gasteiger partial charge in [-0.3, -0.25) is 9.89 Å². The summed E-state index contributed by atoms with van der Waals surface area (Å²) in [4.78, 5) is 12.7. The van der Waals surface area contributed by atoms with Crippen LogP contribution in [0.15, 0.2) is 30.5 Å². The number of nitriles is 1. The number of amides is 1. The molecule has 1 aromatic heterocycles. The summed E-state index contributed by atoms with van der Waals surface area (Å²) in [6, 6.07) is 8.01. The number of carbonyl (C=O) groups excluding carboxylic acids is 1. The molecule has 0 unspecified atom stereocenters. The lowest BCUT2D eigenvalue weighted by molar-refractivity contribution is 0.0894. The second kappa shape index (κ2) is 7.57. The van der Waals surface area contributed by atoms with Crippen LogP contribution in [0.5, 0.6) is 0 Å². The number of nitrogens with zero attached hydrogens (tertiary/aromatic N) is 2. The summed E-state index contributed by atoms with van der Waals surface area (Å²) in [6.07, 6.45) is 3.28. The standard InChI is InChI=1S/C17H18FN5OS/c18-12-1-3-13(4-2-12)21-15-14(11-20-23-15)16(24)22-17(5-8-19)6-9-25-10-7-17/h1-4,11H,5-7,9-10H2,(H,22,24)(H2,20,21,23). The molecule has 6 nitrogen and oxygen atoms in total. The maximum atomic E-state index is 13.0. The predicted octanol–water partition coefficient (Wildman–Crippen LogP) is 3.20. The molecule has 1 aromatic carbocycles. The average molecular weight is 359 g/mol. The van der Waals surface area contributed by atoms with Crippen molar-refractivity contribution in [2.24, 2.45) is 0 Å². The van der Waals surface area contributed by atoms with Crippen LogP contribution in [0.3, 0.4) is 0 Å². The molecule has 1 fully saturated rings. The molecule has 1 amide bonds. The van der Waals surface area contributed by atoms with Gasteiger partial charge in [0.1, 0.15) is 17.2 Å². The van der Waals surface area contributed by atoms with Gasteiger partial charge in [-0.1, -0.05) is 0 Å². The molecule has 0 aliphatic carbocycles. The lowest BCUT2D eigenvalue weighted by Gasteiger charge is -2.36. The first kappa shape index (κ1) is 17.3. The van der Waals surface area contributed by atoms with E-state index < -0.39 is 5.54 Å². The van der Waals surface area contributed by atoms with Crippen molar-refractivity contribution in [2.45, 2.75) is 24.8 Å². The summed E-state index contributed by atoms with van der Waals surface area (Å²) in [7, 11) is 0. The molecule has 8 heteroatoms. The highest BCUT2D eigenvalue weighted by Crippen LogP contribution is 2.30. The molecule has 2 heterocycles. The summed E-state index contributed by atoms with van der Waals surface area (Å²) in [6.45, 7) is 0. The van der Waals surface area contributed by atoms with Gasteiger partial charge in [-0.15, -0.1) is 0 Å². The number of H-pyrrole nitrogens is 1. The molecular weight excluding hydrogens is 341 g/mol. The molecule has 0 radical (unpaired) electrons. The Hall–Kier alpha value is -2.53. The van der Waals surface area contributed by atoms with Gasteiger partial charge < -0.3 is 10.6 Å². The third-order valence-corrected chi connectivity index (χ3v) is 5.23. The summed E-state index contributed by atoms with van der Waals surface area (Å²) in [5.41, 5.74) is 0.516. The third kappa shape index (κ3) is 4.12. The number of nitrogens with one attached hydrogen (secondary N) is 3. The number of halogens is 1. The van der Waals surface area contributed by atoms with E-state index in [0.29, 0.717) is 17.1 Å². The van der Waals surface area contributed by atoms with Crippen molar-refractivity contribution in [3.63, 3.8) is 0 Å². The molecular formula is C17H18FN5OS. The first-order valence-electron chi connectivity index (χ1n) is 7.95. The molecule has 25 heavy (non-hydrogen) atoms. The van der Waals surface area contributed by atoms with Gasteiger partial charge in [-0.25, -0.2) is 4.39 Å². The van der Waals surface area contributed by atoms with Gasteiger partial charge in [0.05, 0.1) is 24.2 Å². The molecule has 1 aliphatic heterocycles. The van der Waals surface area contributed by atoms with E-state index in [-0.39, 0.29) is 18.1 Å². The van der Waals surface area contributed by atoms with Gasteiger partial charge in [0, 0.05) is 5.69 Å². The molecule has 0 saturated carbocycles. The normalized spacial score (nSPS) is 16.0. The fraction of sp³-hybridized carbons (Fsp3) is 0.353. The minimum absolute atomic E-state index is 0.277. The monoisotopic (exact) mass is 359 g/mol. The van der Waals surface area contributed by atoms with Crippen LogP contribution >= 0.6 is 11.8 Å². The van der Waals surface area contributed by atoms with E-state index in [2.05, 4.69) is 26.9 Å². The van der Waals surface area contributed by atoms with Gasteiger partial charge in [-0.2, -0.15) is 22.1 Å². The van der Waals surface area contributed by atoms with Gasteiger partial charge in [0.2, 0.25) is 0 Å². The Kier molecular flexibility index (Phi) is 5.24. The fourth-order valence-corrected chi connectivity index (χ4v) is 4.07. The topological polar surface area (TPSA) is 93.6 Å². The van der Waals surface area contributed by atoms with Gasteiger partial charge in [0.25, 0.3) is 5.91 Å². The van der Waals surface area contributed by atoms with E-state index in [4.69, 9.17) is 5.26 Å². The van der Waals surface area contributed by atoms with E-state index in [1.54, 1.807) is 12.1 Å². The van der Waals surface area contributed by atoms with Crippen LogP contribution in [0.2, 0.25) is 0 Å². The lowest BCUT2D eigenvalue weighted by atomic mass is 9.88. The Bertz CT molecular complexity index is 777. The minimum atomic E-state index is -0.485. The van der Waals surface area contributed by atoms with Gasteiger partial charge in [0.15, 0.2) is 0 Å². The zero-order chi connectivity index (χ0) is 17.7. The van der Waals surface area contributed by atoms with E-state index in [1.807, 2.05) is 11.8 Å². The Balaban J connectivity index is 1.75. The first-order valence-corrected chi connectivity index (χ1v) is 9.10. The Morgan fingerprint density at radius 1 is 1.36 bits per heavy atom. The van der Waals surface area contributed by atoms with Crippen molar-refractivity contribution in [1.29, 1.82) is 5.26 Å². The first-order chi connectivity index (χ1) is 12.1. The summed E-state index contributed by atoms with van der Waals surface area (Å²) in [5, 5.41) is 21.9. The number of anilines is 2. The predicted molar refractivity (Wildman–Crippen MR) is 95.3 cm³/mol. The minimum Gasteiger partial charge on any atom is -0.345 e. The number of aromatic amines is 1. The van der Waals surface area contributed by atoms with Crippen molar-refractivity contribution in [2.75, 3.05) is 16.8 Å². The van der Waals surface area contributed by atoms with Gasteiger partial charge >= 0.3 is 0 Å². The number of hydrogen-bond acceptors (Lipinski definition) is 5. The van der Waals surface area contributed by atoms with Crippen molar-refractivity contribution < 1.29 is 9.18 Å². The molecule has 2 aromatic rings. The Morgan fingerprint density at radius 2 is 2.08 bits per heavy atom. The van der Waals surface area contributed by atoms with E-state index in [1.165, 1.54) is 18.3 Å². The second-order valence-corrected chi connectivity index (χ2v) is 7.20. The van der Waals surface area contributed by atoms with Crippen molar-refractivity contribution in [3.8, 4) is 6.07 Å². The van der Waals surface area contributed by atoms with Crippen molar-refractivity contribution in [1.82, 2.24) is 15.5 Å². The molecule has 130 valence electrons. The van der Waals surface area contributed by atoms with E-state index >= 15 is 0 Å². The van der Waals surface area contributed by atoms with Crippen LogP contribution in [0, 0.1) is 17.1 Å². The number of rotatable bonds is 5. The number of aromatic nitrogens is 2. The number of hydrogen-bond donors (Lipinski definition) is 3. The summed E-state index contributed by atoms with van der Waals surface area (Å²) >= 11 is 1.83. The van der Waals surface area contributed by atoms with Crippen LogP contribution in [0.25, 0.3) is 0 Å². The molecule has 0 bridgehead atoms. The second-order valence-electron chi connectivity index (χ2n) is 5.97. The zero-order valence-corrected chi connectivity index (χ0v) is 14.3. The maximum absolute atomic E-state index is 13.0. The Morgan fingerprint density at radius 3 is 2.76 bits per heavy atom. The van der Waals surface area contributed by atoms with Crippen molar-refractivity contribution >= 4 is 29.2 Å². The summed E-state index contributed by atoms with van der Waals surface area (Å²) in [5.74, 6) is 1.67. The molecule has 0 atom stereocenters. The maximum Gasteiger partial charge on any atom is 0.257 e. The van der Waals surface area contributed by atoms with E-state index in [9.17, 15) is 9.18 Å². The largest absolute Gasteiger partial charge is 0.345 e.